The third-order valence-corrected chi connectivity index (χ3v) is 5.10. The van der Waals surface area contributed by atoms with Crippen LogP contribution in [-0.2, 0) is 11.2 Å². The van der Waals surface area contributed by atoms with E-state index < -0.39 is 0 Å². The molecule has 0 aliphatic heterocycles. The largest absolute Gasteiger partial charge is 0.493 e. The van der Waals surface area contributed by atoms with E-state index in [1.165, 1.54) is 14.0 Å². The Bertz CT molecular complexity index is 1000. The fourth-order valence-corrected chi connectivity index (χ4v) is 3.85. The fraction of sp³-hybridized carbons (Fsp3) is 0.364. The Hall–Kier alpha value is -3.22. The zero-order chi connectivity index (χ0) is 21.1. The molecular weight excluding hydrogens is 374 g/mol. The van der Waals surface area contributed by atoms with Gasteiger partial charge in [0.2, 0.25) is 17.1 Å². The Morgan fingerprint density at radius 1 is 0.966 bits per heavy atom. The summed E-state index contributed by atoms with van der Waals surface area (Å²) in [6.07, 6.45) is 1.21. The first-order chi connectivity index (χ1) is 13.9. The SMILES string of the molecule is COc1cc2c(c(OC)c1OC)-c1ccc(OC)c(=O)cc1CC[C@@H]2NC(C)=O. The van der Waals surface area contributed by atoms with Gasteiger partial charge >= 0.3 is 0 Å². The summed E-state index contributed by atoms with van der Waals surface area (Å²) >= 11 is 0. The van der Waals surface area contributed by atoms with E-state index in [-0.39, 0.29) is 23.1 Å². The maximum Gasteiger partial charge on any atom is 0.220 e. The van der Waals surface area contributed by atoms with Crippen molar-refractivity contribution in [1.82, 2.24) is 5.32 Å². The van der Waals surface area contributed by atoms with Crippen molar-refractivity contribution in [3.8, 4) is 34.1 Å². The van der Waals surface area contributed by atoms with Gasteiger partial charge in [0.05, 0.1) is 34.5 Å². The average Bonchev–Trinajstić information content (AvgIpc) is 2.94. The summed E-state index contributed by atoms with van der Waals surface area (Å²) in [6.45, 7) is 1.48. The number of hydrogen-bond acceptors (Lipinski definition) is 6. The summed E-state index contributed by atoms with van der Waals surface area (Å²) in [7, 11) is 6.12. The number of benzene rings is 1. The van der Waals surface area contributed by atoms with E-state index in [9.17, 15) is 9.59 Å². The highest BCUT2D eigenvalue weighted by Crippen LogP contribution is 2.50. The van der Waals surface area contributed by atoms with Crippen LogP contribution < -0.4 is 29.7 Å². The van der Waals surface area contributed by atoms with Gasteiger partial charge < -0.3 is 24.3 Å². The third-order valence-electron chi connectivity index (χ3n) is 5.10. The van der Waals surface area contributed by atoms with Crippen molar-refractivity contribution in [2.24, 2.45) is 0 Å². The second-order valence-corrected chi connectivity index (χ2v) is 6.75. The summed E-state index contributed by atoms with van der Waals surface area (Å²) in [5, 5.41) is 3.00. The molecule has 0 spiro atoms. The van der Waals surface area contributed by atoms with E-state index in [1.54, 1.807) is 33.5 Å². The Balaban J connectivity index is 2.42. The van der Waals surface area contributed by atoms with Crippen molar-refractivity contribution in [2.75, 3.05) is 28.4 Å². The molecule has 3 rings (SSSR count). The molecule has 0 saturated carbocycles. The minimum atomic E-state index is -0.272. The summed E-state index contributed by atoms with van der Waals surface area (Å²) < 4.78 is 22.0. The summed E-state index contributed by atoms with van der Waals surface area (Å²) in [5.41, 5.74) is 3.07. The van der Waals surface area contributed by atoms with Crippen LogP contribution >= 0.6 is 0 Å². The topological polar surface area (TPSA) is 83.1 Å². The van der Waals surface area contributed by atoms with Crippen molar-refractivity contribution in [3.63, 3.8) is 0 Å². The highest BCUT2D eigenvalue weighted by atomic mass is 16.5. The van der Waals surface area contributed by atoms with Crippen molar-refractivity contribution in [3.05, 3.63) is 45.6 Å². The molecule has 0 aromatic heterocycles. The Morgan fingerprint density at radius 2 is 1.66 bits per heavy atom. The number of amides is 1. The van der Waals surface area contributed by atoms with E-state index >= 15 is 0 Å². The van der Waals surface area contributed by atoms with E-state index in [4.69, 9.17) is 18.9 Å². The number of hydrogen-bond donors (Lipinski definition) is 1. The van der Waals surface area contributed by atoms with Gasteiger partial charge in [0.25, 0.3) is 0 Å². The molecule has 0 unspecified atom stereocenters. The second-order valence-electron chi connectivity index (χ2n) is 6.75. The number of carbonyl (C=O) groups excluding carboxylic acids is 1. The number of methoxy groups -OCH3 is 4. The first kappa shape index (κ1) is 20.5. The average molecular weight is 399 g/mol. The van der Waals surface area contributed by atoms with E-state index in [0.29, 0.717) is 30.1 Å². The molecule has 0 saturated heterocycles. The lowest BCUT2D eigenvalue weighted by atomic mass is 9.94. The molecule has 0 bridgehead atoms. The van der Waals surface area contributed by atoms with E-state index in [2.05, 4.69) is 5.32 Å². The van der Waals surface area contributed by atoms with Crippen molar-refractivity contribution in [1.29, 1.82) is 0 Å². The third kappa shape index (κ3) is 3.72. The molecule has 1 aliphatic rings. The number of rotatable bonds is 5. The van der Waals surface area contributed by atoms with Gasteiger partial charge in [-0.1, -0.05) is 6.07 Å². The van der Waals surface area contributed by atoms with Crippen LogP contribution in [0, 0.1) is 0 Å². The molecule has 2 aromatic carbocycles. The molecule has 1 atom stereocenters. The van der Waals surface area contributed by atoms with Gasteiger partial charge in [-0.15, -0.1) is 0 Å². The lowest BCUT2D eigenvalue weighted by Crippen LogP contribution is -2.26. The van der Waals surface area contributed by atoms with Gasteiger partial charge in [-0.25, -0.2) is 0 Å². The number of nitrogens with one attached hydrogen (secondary N) is 1. The number of fused-ring (bicyclic) bond motifs is 3. The predicted molar refractivity (Wildman–Crippen MR) is 109 cm³/mol. The highest BCUT2D eigenvalue weighted by molar-refractivity contribution is 5.83. The molecule has 154 valence electrons. The van der Waals surface area contributed by atoms with Gasteiger partial charge in [0.1, 0.15) is 0 Å². The molecular formula is C22H25NO6. The van der Waals surface area contributed by atoms with Crippen LogP contribution in [0.4, 0.5) is 0 Å². The molecule has 7 heteroatoms. The van der Waals surface area contributed by atoms with Gasteiger partial charge in [0.15, 0.2) is 17.2 Å². The first-order valence-corrected chi connectivity index (χ1v) is 9.26. The van der Waals surface area contributed by atoms with Gasteiger partial charge in [-0.3, -0.25) is 9.59 Å². The molecule has 7 nitrogen and oxygen atoms in total. The van der Waals surface area contributed by atoms with Crippen molar-refractivity contribution < 1.29 is 23.7 Å². The monoisotopic (exact) mass is 399 g/mol. The summed E-state index contributed by atoms with van der Waals surface area (Å²) in [5.74, 6) is 1.56. The van der Waals surface area contributed by atoms with Crippen molar-refractivity contribution in [2.45, 2.75) is 25.8 Å². The number of ether oxygens (including phenoxy) is 4. The van der Waals surface area contributed by atoms with Gasteiger partial charge in [0, 0.05) is 12.5 Å². The minimum absolute atomic E-state index is 0.141. The lowest BCUT2D eigenvalue weighted by Gasteiger charge is -2.23. The van der Waals surface area contributed by atoms with Crippen LogP contribution in [0.2, 0.25) is 0 Å². The maximum atomic E-state index is 12.5. The molecule has 1 N–H and O–H groups in total. The van der Waals surface area contributed by atoms with E-state index in [1.807, 2.05) is 12.1 Å². The molecule has 0 fully saturated rings. The standard InChI is InChI=1S/C22H25NO6/c1-12(24)23-16-8-6-13-10-17(25)18(26-2)9-7-14(13)20-15(16)11-19(27-3)21(28-4)22(20)29-5/h7,9-11,16H,6,8H2,1-5H3,(H,23,24)/t16-/m0/s1. The maximum absolute atomic E-state index is 12.5. The molecule has 1 amide bonds. The van der Waals surface area contributed by atoms with Crippen LogP contribution in [0.25, 0.3) is 11.1 Å². The molecule has 0 heterocycles. The first-order valence-electron chi connectivity index (χ1n) is 9.26. The molecule has 29 heavy (non-hydrogen) atoms. The zero-order valence-corrected chi connectivity index (χ0v) is 17.3. The quantitative estimate of drug-likeness (QED) is 0.833. The minimum Gasteiger partial charge on any atom is -0.493 e. The summed E-state index contributed by atoms with van der Waals surface area (Å²) in [4.78, 5) is 24.4. The van der Waals surface area contributed by atoms with Crippen LogP contribution in [0.5, 0.6) is 23.0 Å². The zero-order valence-electron chi connectivity index (χ0n) is 17.3. The second kappa shape index (κ2) is 8.43. The molecule has 0 radical (unpaired) electrons. The number of carbonyl (C=O) groups is 1. The highest BCUT2D eigenvalue weighted by Gasteiger charge is 2.30. The predicted octanol–water partition coefficient (Wildman–Crippen LogP) is 2.87. The van der Waals surface area contributed by atoms with Crippen LogP contribution in [-0.4, -0.2) is 34.3 Å². The van der Waals surface area contributed by atoms with Crippen molar-refractivity contribution >= 4 is 5.91 Å². The Morgan fingerprint density at radius 3 is 2.24 bits per heavy atom. The normalized spacial score (nSPS) is 14.7. The van der Waals surface area contributed by atoms with Crippen LogP contribution in [0.1, 0.15) is 30.5 Å². The Labute approximate surface area is 169 Å². The van der Waals surface area contributed by atoms with Gasteiger partial charge in [-0.05, 0) is 47.7 Å². The summed E-state index contributed by atoms with van der Waals surface area (Å²) in [6, 6.07) is 6.67. The van der Waals surface area contributed by atoms with Crippen LogP contribution in [0.15, 0.2) is 29.1 Å². The van der Waals surface area contributed by atoms with Crippen LogP contribution in [0.3, 0.4) is 0 Å². The fourth-order valence-electron chi connectivity index (χ4n) is 3.85. The van der Waals surface area contributed by atoms with E-state index in [0.717, 1.165) is 22.3 Å². The molecule has 1 aliphatic carbocycles. The lowest BCUT2D eigenvalue weighted by molar-refractivity contribution is -0.119. The smallest absolute Gasteiger partial charge is 0.220 e. The number of aryl methyl sites for hydroxylation is 1. The Kier molecular flexibility index (Phi) is 5.96. The molecule has 2 aromatic rings. The van der Waals surface area contributed by atoms with Gasteiger partial charge in [-0.2, -0.15) is 0 Å².